The van der Waals surface area contributed by atoms with Crippen LogP contribution in [0.3, 0.4) is 0 Å². The first-order chi connectivity index (χ1) is 28.3. The Balaban J connectivity index is 0.833. The van der Waals surface area contributed by atoms with Crippen molar-refractivity contribution in [1.82, 2.24) is 20.0 Å². The molecule has 58 heavy (non-hydrogen) atoms. The predicted octanol–water partition coefficient (Wildman–Crippen LogP) is 6.55. The Morgan fingerprint density at radius 1 is 0.828 bits per heavy atom. The number of imide groups is 1. The number of hydrogen-bond acceptors (Lipinski definition) is 8. The van der Waals surface area contributed by atoms with Crippen LogP contribution in [-0.2, 0) is 20.9 Å². The minimum absolute atomic E-state index is 0.171. The van der Waals surface area contributed by atoms with Crippen LogP contribution in [0, 0.1) is 0 Å². The van der Waals surface area contributed by atoms with E-state index in [2.05, 4.69) is 39.8 Å². The van der Waals surface area contributed by atoms with Gasteiger partial charge in [0.1, 0.15) is 24.1 Å². The Kier molecular flexibility index (Phi) is 13.4. The summed E-state index contributed by atoms with van der Waals surface area (Å²) in [6, 6.07) is 30.6. The number of rotatable bonds is 16. The second kappa shape index (κ2) is 19.2. The number of halogens is 1. The number of phenolic OH excluding ortho intramolecular Hbond substituents is 1. The van der Waals surface area contributed by atoms with E-state index in [0.29, 0.717) is 63.5 Å². The number of nitrogens with zero attached hydrogens (tertiary/aromatic N) is 3. The van der Waals surface area contributed by atoms with Crippen LogP contribution in [0.4, 0.5) is 5.69 Å². The van der Waals surface area contributed by atoms with Crippen molar-refractivity contribution in [2.45, 2.75) is 51.1 Å². The third-order valence-corrected chi connectivity index (χ3v) is 11.4. The van der Waals surface area contributed by atoms with Crippen LogP contribution in [0.15, 0.2) is 97.1 Å². The molecule has 3 N–H and O–H groups in total. The van der Waals surface area contributed by atoms with Gasteiger partial charge in [0, 0.05) is 81.3 Å². The monoisotopic (exact) mass is 803 g/mol. The van der Waals surface area contributed by atoms with Crippen molar-refractivity contribution >= 4 is 52.1 Å². The number of nitrogens with one attached hydrogen (secondary N) is 2. The Bertz CT molecular complexity index is 2120. The molecule has 0 radical (unpaired) electrons. The number of fused-ring (bicyclic) bond motifs is 1. The van der Waals surface area contributed by atoms with Crippen molar-refractivity contribution in [3.63, 3.8) is 0 Å². The molecule has 3 heterocycles. The number of alkyl halides is 1. The third-order valence-electron chi connectivity index (χ3n) is 11.2. The van der Waals surface area contributed by atoms with E-state index in [1.165, 1.54) is 0 Å². The number of ether oxygens (including phenoxy) is 1. The molecule has 12 heteroatoms. The van der Waals surface area contributed by atoms with Crippen molar-refractivity contribution in [3.8, 4) is 11.5 Å². The van der Waals surface area contributed by atoms with Gasteiger partial charge in [0.2, 0.25) is 17.7 Å². The molecule has 11 nitrogen and oxygen atoms in total. The van der Waals surface area contributed by atoms with Gasteiger partial charge in [0.25, 0.3) is 5.91 Å². The van der Waals surface area contributed by atoms with Crippen LogP contribution in [0.25, 0.3) is 11.1 Å². The predicted molar refractivity (Wildman–Crippen MR) is 226 cm³/mol. The van der Waals surface area contributed by atoms with E-state index in [4.69, 9.17) is 16.3 Å². The van der Waals surface area contributed by atoms with Crippen LogP contribution in [-0.4, -0.2) is 101 Å². The maximum absolute atomic E-state index is 13.1. The lowest BCUT2D eigenvalue weighted by Gasteiger charge is -2.34. The first-order valence-electron chi connectivity index (χ1n) is 20.2. The number of hydrogen-bond donors (Lipinski definition) is 3. The van der Waals surface area contributed by atoms with Gasteiger partial charge in [-0.3, -0.25) is 29.4 Å². The number of phenols is 1. The van der Waals surface area contributed by atoms with Gasteiger partial charge in [-0.2, -0.15) is 0 Å². The van der Waals surface area contributed by atoms with Gasteiger partial charge in [-0.25, -0.2) is 0 Å². The standard InChI is InChI=1S/C46H50ClN5O6/c47-23-22-37(32-7-2-1-3-8-32)44(33-12-16-35(53)17-13-33)34-14-18-36(19-15-34)58-30-29-50-25-27-51(28-26-50)43(55)11-4-5-24-48-40-10-6-9-38-39(40)31-52(46(38)57)41-20-21-42(54)49-45(41)56/h1-3,6-10,12-19,41,48,53H,4-5,11,20-31H2,(H,49,54,56). The van der Waals surface area contributed by atoms with Crippen molar-refractivity contribution in [3.05, 3.63) is 125 Å². The minimum Gasteiger partial charge on any atom is -0.508 e. The number of carbonyl (C=O) groups excluding carboxylic acids is 4. The number of aromatic hydroxyl groups is 1. The maximum Gasteiger partial charge on any atom is 0.255 e. The normalized spacial score (nSPS) is 17.5. The number of unbranched alkanes of at least 4 members (excludes halogenated alkanes) is 1. The minimum atomic E-state index is -0.645. The number of benzene rings is 4. The highest BCUT2D eigenvalue weighted by Gasteiger charge is 2.39. The van der Waals surface area contributed by atoms with E-state index in [0.717, 1.165) is 77.3 Å². The smallest absolute Gasteiger partial charge is 0.255 e. The summed E-state index contributed by atoms with van der Waals surface area (Å²) in [5.74, 6) is 0.743. The van der Waals surface area contributed by atoms with Crippen LogP contribution in [0.1, 0.15) is 71.1 Å². The fourth-order valence-electron chi connectivity index (χ4n) is 8.06. The molecule has 3 aliphatic rings. The van der Waals surface area contributed by atoms with Gasteiger partial charge in [0.05, 0.1) is 0 Å². The molecular weight excluding hydrogens is 754 g/mol. The van der Waals surface area contributed by atoms with Crippen LogP contribution in [0.5, 0.6) is 11.5 Å². The fourth-order valence-corrected chi connectivity index (χ4v) is 8.24. The summed E-state index contributed by atoms with van der Waals surface area (Å²) in [5, 5.41) is 15.8. The summed E-state index contributed by atoms with van der Waals surface area (Å²) < 4.78 is 6.17. The summed E-state index contributed by atoms with van der Waals surface area (Å²) in [7, 11) is 0. The number of piperidine rings is 1. The van der Waals surface area contributed by atoms with Crippen molar-refractivity contribution < 1.29 is 29.0 Å². The Labute approximate surface area is 344 Å². The fraction of sp³-hybridized carbons (Fsp3) is 0.348. The van der Waals surface area contributed by atoms with Crippen molar-refractivity contribution in [2.75, 3.05) is 57.1 Å². The second-order valence-electron chi connectivity index (χ2n) is 14.9. The molecular formula is C46H50ClN5O6. The molecule has 4 aromatic carbocycles. The lowest BCUT2D eigenvalue weighted by Crippen LogP contribution is -2.52. The first kappa shape index (κ1) is 40.5. The molecule has 0 bridgehead atoms. The summed E-state index contributed by atoms with van der Waals surface area (Å²) >= 11 is 6.31. The SMILES string of the molecule is O=C1CCC(N2Cc3c(NCCCCC(=O)N4CCN(CCOc5ccc(C(=C(CCCl)c6ccccc6)c6ccc(O)cc6)cc5)CC4)cccc3C2=O)C(=O)N1. The summed E-state index contributed by atoms with van der Waals surface area (Å²) in [4.78, 5) is 56.0. The molecule has 4 aromatic rings. The lowest BCUT2D eigenvalue weighted by atomic mass is 9.88. The van der Waals surface area contributed by atoms with E-state index < -0.39 is 11.9 Å². The Morgan fingerprint density at radius 3 is 2.26 bits per heavy atom. The molecule has 2 fully saturated rings. The molecule has 302 valence electrons. The van der Waals surface area contributed by atoms with E-state index in [-0.39, 0.29) is 29.9 Å². The number of piperazine rings is 1. The molecule has 0 saturated carbocycles. The average molecular weight is 804 g/mol. The van der Waals surface area contributed by atoms with E-state index in [1.54, 1.807) is 23.1 Å². The molecule has 0 aliphatic carbocycles. The molecule has 3 aliphatic heterocycles. The molecule has 1 unspecified atom stereocenters. The highest BCUT2D eigenvalue weighted by atomic mass is 35.5. The van der Waals surface area contributed by atoms with Gasteiger partial charge in [0.15, 0.2) is 0 Å². The molecule has 0 aromatic heterocycles. The molecule has 2 saturated heterocycles. The van der Waals surface area contributed by atoms with Crippen LogP contribution < -0.4 is 15.4 Å². The number of allylic oxidation sites excluding steroid dienone is 1. The highest BCUT2D eigenvalue weighted by molar-refractivity contribution is 6.18. The number of amides is 4. The highest BCUT2D eigenvalue weighted by Crippen LogP contribution is 2.36. The largest absolute Gasteiger partial charge is 0.508 e. The van der Waals surface area contributed by atoms with Crippen molar-refractivity contribution in [1.29, 1.82) is 0 Å². The van der Waals surface area contributed by atoms with Crippen molar-refractivity contribution in [2.24, 2.45) is 0 Å². The van der Waals surface area contributed by atoms with Gasteiger partial charge in [-0.1, -0.05) is 60.7 Å². The zero-order valence-electron chi connectivity index (χ0n) is 32.6. The van der Waals surface area contributed by atoms with Gasteiger partial charge in [-0.05, 0) is 89.9 Å². The lowest BCUT2D eigenvalue weighted by molar-refractivity contribution is -0.137. The van der Waals surface area contributed by atoms with Gasteiger partial charge < -0.3 is 25.0 Å². The Morgan fingerprint density at radius 2 is 1.55 bits per heavy atom. The molecule has 7 rings (SSSR count). The number of anilines is 1. The molecule has 4 amide bonds. The van der Waals surface area contributed by atoms with E-state index in [9.17, 15) is 24.3 Å². The van der Waals surface area contributed by atoms with Gasteiger partial charge in [-0.15, -0.1) is 11.6 Å². The average Bonchev–Trinajstić information content (AvgIpc) is 3.58. The summed E-state index contributed by atoms with van der Waals surface area (Å²) in [6.45, 7) is 5.26. The maximum atomic E-state index is 13.1. The van der Waals surface area contributed by atoms with Gasteiger partial charge >= 0.3 is 0 Å². The Hall–Kier alpha value is -5.65. The van der Waals surface area contributed by atoms with E-state index >= 15 is 0 Å². The zero-order chi connectivity index (χ0) is 40.4. The topological polar surface area (TPSA) is 132 Å². The van der Waals surface area contributed by atoms with Crippen LogP contribution >= 0.6 is 11.6 Å². The third kappa shape index (κ3) is 9.71. The first-order valence-corrected chi connectivity index (χ1v) is 20.7. The molecule has 1 atom stereocenters. The summed E-state index contributed by atoms with van der Waals surface area (Å²) in [5.41, 5.74) is 7.65. The zero-order valence-corrected chi connectivity index (χ0v) is 33.4. The van der Waals surface area contributed by atoms with E-state index in [1.807, 2.05) is 59.5 Å². The second-order valence-corrected chi connectivity index (χ2v) is 15.3. The number of carbonyl (C=O) groups is 4. The quantitative estimate of drug-likeness (QED) is 0.0504. The summed E-state index contributed by atoms with van der Waals surface area (Å²) in [6.07, 6.45) is 3.28. The molecule has 0 spiro atoms. The van der Waals surface area contributed by atoms with Crippen LogP contribution in [0.2, 0.25) is 0 Å².